The van der Waals surface area contributed by atoms with Gasteiger partial charge in [0, 0.05) is 26.1 Å². The summed E-state index contributed by atoms with van der Waals surface area (Å²) in [6, 6.07) is 14.2. The van der Waals surface area contributed by atoms with Crippen LogP contribution in [0.3, 0.4) is 0 Å². The monoisotopic (exact) mass is 413 g/mol. The van der Waals surface area contributed by atoms with E-state index in [2.05, 4.69) is 40.7 Å². The highest BCUT2D eigenvalue weighted by Crippen LogP contribution is 2.28. The van der Waals surface area contributed by atoms with Crippen molar-refractivity contribution < 1.29 is 14.2 Å². The Bertz CT molecular complexity index is 808. The second kappa shape index (κ2) is 12.6. The molecule has 1 unspecified atom stereocenters. The Morgan fingerprint density at radius 3 is 2.47 bits per heavy atom. The second-order valence-electron chi connectivity index (χ2n) is 7.04. The van der Waals surface area contributed by atoms with Crippen molar-refractivity contribution in [2.45, 2.75) is 32.6 Å². The van der Waals surface area contributed by atoms with E-state index in [1.54, 1.807) is 21.3 Å². The summed E-state index contributed by atoms with van der Waals surface area (Å²) in [7, 11) is 5.16. The molecule has 0 saturated carbocycles. The summed E-state index contributed by atoms with van der Waals surface area (Å²) in [5, 5.41) is 6.79. The molecule has 0 bridgehead atoms. The van der Waals surface area contributed by atoms with Crippen LogP contribution in [0.2, 0.25) is 0 Å². The molecule has 0 heterocycles. The summed E-state index contributed by atoms with van der Waals surface area (Å²) in [5.74, 6) is 3.60. The average molecular weight is 414 g/mol. The lowest BCUT2D eigenvalue weighted by Crippen LogP contribution is -2.39. The highest BCUT2D eigenvalue weighted by molar-refractivity contribution is 5.79. The highest BCUT2D eigenvalue weighted by Gasteiger charge is 2.11. The lowest BCUT2D eigenvalue weighted by molar-refractivity contribution is 0.310. The summed E-state index contributed by atoms with van der Waals surface area (Å²) in [5.41, 5.74) is 2.42. The van der Waals surface area contributed by atoms with Gasteiger partial charge in [0.25, 0.3) is 0 Å². The zero-order valence-electron chi connectivity index (χ0n) is 18.8. The zero-order chi connectivity index (χ0) is 21.8. The zero-order valence-corrected chi connectivity index (χ0v) is 18.8. The number of rotatable bonds is 11. The van der Waals surface area contributed by atoms with Crippen LogP contribution in [0.5, 0.6) is 17.2 Å². The fraction of sp³-hybridized carbons (Fsp3) is 0.458. The van der Waals surface area contributed by atoms with Crippen LogP contribution in [0.4, 0.5) is 0 Å². The number of guanidine groups is 1. The number of hydrogen-bond donors (Lipinski definition) is 2. The Morgan fingerprint density at radius 1 is 1.00 bits per heavy atom. The van der Waals surface area contributed by atoms with E-state index >= 15 is 0 Å². The third-order valence-electron chi connectivity index (χ3n) is 4.93. The summed E-state index contributed by atoms with van der Waals surface area (Å²) >= 11 is 0. The molecule has 0 aliphatic rings. The van der Waals surface area contributed by atoms with Crippen molar-refractivity contribution >= 4 is 5.96 Å². The molecule has 30 heavy (non-hydrogen) atoms. The topological polar surface area (TPSA) is 64.1 Å². The van der Waals surface area contributed by atoms with E-state index in [-0.39, 0.29) is 0 Å². The first-order valence-electron chi connectivity index (χ1n) is 10.5. The van der Waals surface area contributed by atoms with Gasteiger partial charge in [0.15, 0.2) is 17.5 Å². The minimum atomic E-state index is 0.302. The molecule has 6 heteroatoms. The summed E-state index contributed by atoms with van der Waals surface area (Å²) < 4.78 is 16.5. The molecule has 0 amide bonds. The molecule has 164 valence electrons. The number of benzene rings is 2. The van der Waals surface area contributed by atoms with Crippen molar-refractivity contribution in [1.29, 1.82) is 0 Å². The molecule has 1 atom stereocenters. The molecule has 0 aliphatic heterocycles. The third-order valence-corrected chi connectivity index (χ3v) is 4.93. The second-order valence-corrected chi connectivity index (χ2v) is 7.04. The van der Waals surface area contributed by atoms with Crippen LogP contribution >= 0.6 is 0 Å². The standard InChI is InChI=1S/C24H35N3O3/c1-6-30-23-16-19(13-14-22(23)29-5)10-9-15-26-24(25-3)27-17-18(2)20-11-7-8-12-21(20)28-4/h7-8,11-14,16,18H,6,9-10,15,17H2,1-5H3,(H2,25,26,27). The maximum Gasteiger partial charge on any atom is 0.190 e. The quantitative estimate of drug-likeness (QED) is 0.331. The first-order valence-corrected chi connectivity index (χ1v) is 10.5. The van der Waals surface area contributed by atoms with Gasteiger partial charge in [0.05, 0.1) is 20.8 Å². The lowest BCUT2D eigenvalue weighted by Gasteiger charge is -2.18. The number of para-hydroxylation sites is 1. The molecule has 0 fully saturated rings. The van der Waals surface area contributed by atoms with Gasteiger partial charge in [-0.3, -0.25) is 4.99 Å². The van der Waals surface area contributed by atoms with Gasteiger partial charge in [-0.15, -0.1) is 0 Å². The largest absolute Gasteiger partial charge is 0.496 e. The molecule has 0 radical (unpaired) electrons. The summed E-state index contributed by atoms with van der Waals surface area (Å²) in [4.78, 5) is 4.33. The SMILES string of the molecule is CCOc1cc(CCCNC(=NC)NCC(C)c2ccccc2OC)ccc1OC. The molecule has 2 aromatic rings. The number of hydrogen-bond acceptors (Lipinski definition) is 4. The molecule has 0 spiro atoms. The number of nitrogens with zero attached hydrogens (tertiary/aromatic N) is 1. The van der Waals surface area contributed by atoms with E-state index in [0.717, 1.165) is 49.1 Å². The number of methoxy groups -OCH3 is 2. The highest BCUT2D eigenvalue weighted by atomic mass is 16.5. The van der Waals surface area contributed by atoms with E-state index in [1.807, 2.05) is 31.2 Å². The van der Waals surface area contributed by atoms with Gasteiger partial charge in [-0.25, -0.2) is 0 Å². The van der Waals surface area contributed by atoms with Gasteiger partial charge in [-0.2, -0.15) is 0 Å². The summed E-state index contributed by atoms with van der Waals surface area (Å²) in [6.07, 6.45) is 1.94. The lowest BCUT2D eigenvalue weighted by atomic mass is 10.0. The Morgan fingerprint density at radius 2 is 1.77 bits per heavy atom. The van der Waals surface area contributed by atoms with E-state index in [0.29, 0.717) is 12.5 Å². The molecule has 0 aromatic heterocycles. The van der Waals surface area contributed by atoms with Crippen molar-refractivity contribution in [3.8, 4) is 17.2 Å². The Labute approximate surface area is 180 Å². The summed E-state index contributed by atoms with van der Waals surface area (Å²) in [6.45, 7) is 6.38. The smallest absolute Gasteiger partial charge is 0.190 e. The number of nitrogens with one attached hydrogen (secondary N) is 2. The molecule has 0 aliphatic carbocycles. The van der Waals surface area contributed by atoms with Crippen LogP contribution in [-0.2, 0) is 6.42 Å². The van der Waals surface area contributed by atoms with Crippen LogP contribution in [0.25, 0.3) is 0 Å². The van der Waals surface area contributed by atoms with Crippen LogP contribution in [0.1, 0.15) is 37.3 Å². The first-order chi connectivity index (χ1) is 14.6. The van der Waals surface area contributed by atoms with Crippen LogP contribution in [0, 0.1) is 0 Å². The third kappa shape index (κ3) is 6.87. The van der Waals surface area contributed by atoms with Crippen LogP contribution in [0.15, 0.2) is 47.5 Å². The number of aryl methyl sites for hydroxylation is 1. The maximum atomic E-state index is 5.66. The Balaban J connectivity index is 1.79. The predicted octanol–water partition coefficient (Wildman–Crippen LogP) is 4.00. The van der Waals surface area contributed by atoms with E-state index < -0.39 is 0 Å². The Kier molecular flexibility index (Phi) is 9.84. The van der Waals surface area contributed by atoms with E-state index in [1.165, 1.54) is 11.1 Å². The molecule has 2 aromatic carbocycles. The van der Waals surface area contributed by atoms with Crippen molar-refractivity contribution in [3.63, 3.8) is 0 Å². The molecule has 0 saturated heterocycles. The van der Waals surface area contributed by atoms with Crippen LogP contribution in [-0.4, -0.2) is 46.9 Å². The van der Waals surface area contributed by atoms with Crippen molar-refractivity contribution in [1.82, 2.24) is 10.6 Å². The van der Waals surface area contributed by atoms with Crippen molar-refractivity contribution in [2.75, 3.05) is 41.0 Å². The molecular formula is C24H35N3O3. The fourth-order valence-corrected chi connectivity index (χ4v) is 3.30. The molecule has 2 N–H and O–H groups in total. The van der Waals surface area contributed by atoms with Crippen molar-refractivity contribution in [2.24, 2.45) is 4.99 Å². The fourth-order valence-electron chi connectivity index (χ4n) is 3.30. The average Bonchev–Trinajstić information content (AvgIpc) is 2.78. The van der Waals surface area contributed by atoms with Gasteiger partial charge in [0.1, 0.15) is 5.75 Å². The molecule has 6 nitrogen and oxygen atoms in total. The van der Waals surface area contributed by atoms with E-state index in [9.17, 15) is 0 Å². The minimum absolute atomic E-state index is 0.302. The predicted molar refractivity (Wildman–Crippen MR) is 123 cm³/mol. The number of ether oxygens (including phenoxy) is 3. The Hall–Kier alpha value is -2.89. The van der Waals surface area contributed by atoms with Crippen molar-refractivity contribution in [3.05, 3.63) is 53.6 Å². The first kappa shape index (κ1) is 23.4. The molecule has 2 rings (SSSR count). The van der Waals surface area contributed by atoms with Gasteiger partial charge in [-0.05, 0) is 49.1 Å². The minimum Gasteiger partial charge on any atom is -0.496 e. The number of aliphatic imine (C=N–C) groups is 1. The van der Waals surface area contributed by atoms with Gasteiger partial charge >= 0.3 is 0 Å². The van der Waals surface area contributed by atoms with Crippen LogP contribution < -0.4 is 24.8 Å². The van der Waals surface area contributed by atoms with E-state index in [4.69, 9.17) is 14.2 Å². The normalized spacial score (nSPS) is 12.2. The molecular weight excluding hydrogens is 378 g/mol. The van der Waals surface area contributed by atoms with Gasteiger partial charge < -0.3 is 24.8 Å². The maximum absolute atomic E-state index is 5.66. The van der Waals surface area contributed by atoms with Gasteiger partial charge in [-0.1, -0.05) is 31.2 Å². The van der Waals surface area contributed by atoms with Gasteiger partial charge in [0.2, 0.25) is 0 Å².